The number of carboxylic acids is 1. The van der Waals surface area contributed by atoms with E-state index in [0.29, 0.717) is 101 Å². The number of H-pyrrole nitrogens is 1. The number of aliphatic imine (C=N–C) groups is 2. The first kappa shape index (κ1) is 124. The molecule has 0 unspecified atom stereocenters. The smallest absolute Gasteiger partial charge is 0.305 e. The molecule has 0 bridgehead atoms. The number of carbonyl (C=O) groups excluding carboxylic acids is 14. The number of aromatic hydroxyl groups is 1. The van der Waals surface area contributed by atoms with Crippen molar-refractivity contribution in [2.45, 2.75) is 354 Å². The summed E-state index contributed by atoms with van der Waals surface area (Å²) in [7, 11) is 0. The predicted molar refractivity (Wildman–Crippen MR) is 529 cm³/mol. The van der Waals surface area contributed by atoms with Crippen molar-refractivity contribution in [1.29, 1.82) is 0 Å². The fourth-order valence-electron chi connectivity index (χ4n) is 15.9. The van der Waals surface area contributed by atoms with Crippen LogP contribution in [0.3, 0.4) is 0 Å². The summed E-state index contributed by atoms with van der Waals surface area (Å²) in [6.07, 6.45) is 22.6. The summed E-state index contributed by atoms with van der Waals surface area (Å²) >= 11 is 1.34. The molecule has 39 heteroatoms. The van der Waals surface area contributed by atoms with Gasteiger partial charge in [0, 0.05) is 100 Å². The second-order valence-corrected chi connectivity index (χ2v) is 38.0. The van der Waals surface area contributed by atoms with Gasteiger partial charge in [-0.25, -0.2) is 4.98 Å². The number of phenols is 1. The highest BCUT2D eigenvalue weighted by atomic mass is 32.2. The van der Waals surface area contributed by atoms with Crippen LogP contribution in [-0.4, -0.2) is 230 Å². The van der Waals surface area contributed by atoms with Gasteiger partial charge in [-0.05, 0) is 191 Å². The average Bonchev–Trinajstić information content (AvgIpc) is 0.958. The van der Waals surface area contributed by atoms with Gasteiger partial charge in [0.25, 0.3) is 0 Å². The number of aromatic nitrogens is 2. The van der Waals surface area contributed by atoms with Gasteiger partial charge in [-0.1, -0.05) is 130 Å². The normalized spacial score (nSPS) is 14.4. The highest BCUT2D eigenvalue weighted by Gasteiger charge is 2.39. The monoisotopic (exact) mass is 1940 g/mol. The summed E-state index contributed by atoms with van der Waals surface area (Å²) in [4.78, 5) is 218. The van der Waals surface area contributed by atoms with E-state index >= 15 is 0 Å². The van der Waals surface area contributed by atoms with Gasteiger partial charge < -0.3 is 113 Å². The molecule has 0 saturated heterocycles. The first-order valence-corrected chi connectivity index (χ1v) is 50.5. The molecule has 772 valence electrons. The highest BCUT2D eigenvalue weighted by Crippen LogP contribution is 2.26. The minimum absolute atomic E-state index is 0.0139. The van der Waals surface area contributed by atoms with E-state index < -0.39 is 169 Å². The average molecular weight is 1940 g/mol. The number of hydrogen-bond donors (Lipinski definition) is 20. The SMILES string of the molecule is CCCCCCCCCCCCCCCC(=O)N[C@@H](CCCCN)C(=O)N[C@@H](CCCCN)C(=O)C[C@@H](CC(C)C)C(=O)N[C@H](C)CCCN=C(N)N.CSCC[C@@H](NC(=O)[C@H](CO)CC(C)=O)C(=O)C[C@H](C(=O)N[C@@H](CC(=O)O)C(=O)C[C@@H](CCCCN)C(=O)N[C@@H](Cc1ccc(O)cc1)C(=O)C[C@@H](CCCN=C(N)N)C(=O)N[C@@H](CC(C)C)C(=O)C[C@@H](Cc1cnc[nH]1)C(N)=O)[C@@H](C)O. The molecule has 0 aliphatic rings. The van der Waals surface area contributed by atoms with Gasteiger partial charge in [-0.3, -0.25) is 77.1 Å². The number of aliphatic hydroxyl groups is 2. The van der Waals surface area contributed by atoms with Crippen LogP contribution in [0.1, 0.15) is 304 Å². The number of ketones is 6. The number of aliphatic carboxylic acids is 1. The lowest BCUT2D eigenvalue weighted by atomic mass is 9.88. The Kier molecular flexibility index (Phi) is 67.0. The Morgan fingerprint density at radius 3 is 1.38 bits per heavy atom. The van der Waals surface area contributed by atoms with Crippen molar-refractivity contribution in [1.82, 2.24) is 47.2 Å². The van der Waals surface area contributed by atoms with Crippen LogP contribution in [0.25, 0.3) is 0 Å². The molecule has 0 saturated carbocycles. The van der Waals surface area contributed by atoms with Crippen LogP contribution in [0.15, 0.2) is 46.8 Å². The largest absolute Gasteiger partial charge is 0.508 e. The molecule has 38 nitrogen and oxygen atoms in total. The number of nitrogens with two attached hydrogens (primary N) is 8. The second-order valence-electron chi connectivity index (χ2n) is 37.0. The summed E-state index contributed by atoms with van der Waals surface area (Å²) in [6.45, 7) is 15.3. The molecule has 0 aliphatic carbocycles. The number of hydrogen-bond acceptors (Lipinski definition) is 25. The zero-order valence-electron chi connectivity index (χ0n) is 82.5. The number of rotatable bonds is 80. The lowest BCUT2D eigenvalue weighted by Gasteiger charge is -2.27. The van der Waals surface area contributed by atoms with Gasteiger partial charge >= 0.3 is 5.97 Å². The lowest BCUT2D eigenvalue weighted by Crippen LogP contribution is -2.52. The Balaban J connectivity index is 0.00000150. The van der Waals surface area contributed by atoms with E-state index in [1.165, 1.54) is 127 Å². The number of primary amides is 1. The maximum Gasteiger partial charge on any atom is 0.305 e. The number of phenolic OH excluding ortho intramolecular Hbond substituents is 1. The molecular formula is C97H169N19O19S. The van der Waals surface area contributed by atoms with Crippen LogP contribution in [0.2, 0.25) is 0 Å². The number of thioether (sulfide) groups is 1. The van der Waals surface area contributed by atoms with Crippen molar-refractivity contribution in [2.75, 3.05) is 51.3 Å². The predicted octanol–water partition coefficient (Wildman–Crippen LogP) is 5.93. The van der Waals surface area contributed by atoms with Crippen LogP contribution in [0.4, 0.5) is 0 Å². The van der Waals surface area contributed by atoms with Gasteiger partial charge in [0.05, 0.1) is 73.4 Å². The Bertz CT molecular complexity index is 3920. The number of amides is 8. The fraction of sp³-hybridized carbons (Fsp3) is 0.732. The van der Waals surface area contributed by atoms with Crippen LogP contribution >= 0.6 is 11.8 Å². The van der Waals surface area contributed by atoms with Gasteiger partial charge in [0.15, 0.2) is 40.8 Å². The number of nitrogens with one attached hydrogen (secondary N) is 8. The van der Waals surface area contributed by atoms with E-state index in [1.54, 1.807) is 6.26 Å². The zero-order valence-corrected chi connectivity index (χ0v) is 83.3. The summed E-state index contributed by atoms with van der Waals surface area (Å²) in [5, 5.41) is 60.0. The number of guanidine groups is 2. The van der Waals surface area contributed by atoms with Crippen LogP contribution in [0.5, 0.6) is 5.75 Å². The van der Waals surface area contributed by atoms with E-state index in [1.807, 2.05) is 34.6 Å². The van der Waals surface area contributed by atoms with Crippen LogP contribution in [-0.2, 0) is 84.8 Å². The number of aromatic amines is 1. The van der Waals surface area contributed by atoms with E-state index in [2.05, 4.69) is 64.1 Å². The standard InChI is InChI=1S/C56H87N11O15S.C41H82N8O4/c1-31(2)19-43(48(74)25-37(51(58)78)22-39-28-61-30-63-39)65-53(80)36(10-8-17-62-56(59)60)24-46(72)44(21-34-11-13-40(71)14-12-34)66-52(79)35(9-6-7-16-57)23-47(73)45(27-50(76)77)67-55(82)41(33(4)70)26-49(75)42(15-18-83-5)64-54(81)38(29-68)20-32(3)69;1-5-6-7-8-9-10-11-12-13-14-15-16-17-26-38(51)48-36(25-19-21-28-43)40(53)49-35(24-18-20-27-42)37(50)31-34(30-32(2)3)39(52)47-33(4)23-22-29-46-41(44)45/h11-14,28,30-31,33,35-38,41-45,68,70-71H,6-10,15-27,29,57H2,1-5H3,(H2,58,78)(H,61,63)(H,64,81)(H,65,80)(H,66,79)(H,67,82)(H,76,77)(H4,59,60,62);32-36H,5-31,42-43H2,1-4H3,(H,47,52)(H,48,51)(H,49,53)(H4,44,45,46)/t33-,35-,36-,37-,38+,41+,42-,43+,44+,45+;33-,34-,35+,36+/m11/s1. The molecular weight excluding hydrogens is 1770 g/mol. The third kappa shape index (κ3) is 57.4. The number of carbonyl (C=O) groups is 15. The minimum atomic E-state index is -1.80. The Morgan fingerprint density at radius 2 is 0.882 bits per heavy atom. The number of Topliss-reactive ketones (excluding diaryl/α,β-unsaturated/α-hetero) is 6. The quantitative estimate of drug-likeness (QED) is 0.0207. The number of nitrogens with zero attached hydrogens (tertiary/aromatic N) is 3. The molecule has 0 spiro atoms. The number of aliphatic hydroxyl groups excluding tert-OH is 2. The molecule has 14 atom stereocenters. The maximum atomic E-state index is 14.7. The van der Waals surface area contributed by atoms with E-state index in [4.69, 9.17) is 45.9 Å². The minimum Gasteiger partial charge on any atom is -0.508 e. The number of unbranched alkanes of at least 4 members (excludes halogenated alkanes) is 15. The summed E-state index contributed by atoms with van der Waals surface area (Å²) in [5.41, 5.74) is 45.9. The van der Waals surface area contributed by atoms with Crippen LogP contribution < -0.4 is 83.1 Å². The lowest BCUT2D eigenvalue weighted by molar-refractivity contribution is -0.142. The van der Waals surface area contributed by atoms with Crippen molar-refractivity contribution < 1.29 is 92.3 Å². The van der Waals surface area contributed by atoms with E-state index in [-0.39, 0.29) is 149 Å². The van der Waals surface area contributed by atoms with Crippen molar-refractivity contribution in [3.8, 4) is 5.75 Å². The van der Waals surface area contributed by atoms with Crippen LogP contribution in [0, 0.1) is 47.3 Å². The van der Waals surface area contributed by atoms with Crippen molar-refractivity contribution >= 4 is 112 Å². The Labute approximate surface area is 809 Å². The molecule has 0 aliphatic heterocycles. The van der Waals surface area contributed by atoms with Crippen molar-refractivity contribution in [2.24, 2.45) is 103 Å². The zero-order chi connectivity index (χ0) is 102. The molecule has 2 aromatic rings. The summed E-state index contributed by atoms with van der Waals surface area (Å²) < 4.78 is 0. The van der Waals surface area contributed by atoms with Gasteiger partial charge in [0.1, 0.15) is 17.6 Å². The van der Waals surface area contributed by atoms with E-state index in [0.717, 1.165) is 25.7 Å². The molecule has 8 amide bonds. The molecule has 136 heavy (non-hydrogen) atoms. The van der Waals surface area contributed by atoms with Gasteiger partial charge in [-0.2, -0.15) is 11.8 Å². The first-order valence-electron chi connectivity index (χ1n) is 49.1. The Hall–Kier alpha value is -9.83. The fourth-order valence-corrected chi connectivity index (χ4v) is 16.4. The van der Waals surface area contributed by atoms with E-state index in [9.17, 15) is 92.3 Å². The van der Waals surface area contributed by atoms with Crippen molar-refractivity contribution in [3.05, 3.63) is 48.0 Å². The summed E-state index contributed by atoms with van der Waals surface area (Å²) in [6, 6.07) is -1.43. The molecule has 1 aromatic carbocycles. The summed E-state index contributed by atoms with van der Waals surface area (Å²) in [5.74, 6) is -16.2. The second kappa shape index (κ2) is 73.4. The molecule has 2 rings (SSSR count). The topological polar surface area (TPSA) is 683 Å². The van der Waals surface area contributed by atoms with Gasteiger partial charge in [0.2, 0.25) is 47.3 Å². The maximum absolute atomic E-state index is 14.7. The number of imidazole rings is 1. The first-order chi connectivity index (χ1) is 64.6. The number of benzene rings is 1. The van der Waals surface area contributed by atoms with Crippen molar-refractivity contribution in [3.63, 3.8) is 0 Å². The number of carboxylic acid groups (broad SMARTS) is 1. The highest BCUT2D eigenvalue weighted by molar-refractivity contribution is 7.98. The van der Waals surface area contributed by atoms with Gasteiger partial charge in [-0.15, -0.1) is 0 Å². The third-order valence-electron chi connectivity index (χ3n) is 23.7. The molecule has 0 fully saturated rings. The molecule has 1 aromatic heterocycles. The molecule has 28 N–H and O–H groups in total. The molecule has 0 radical (unpaired) electrons. The molecule has 1 heterocycles. The Morgan fingerprint density at radius 1 is 0.441 bits per heavy atom. The third-order valence-corrected chi connectivity index (χ3v) is 24.3.